The highest BCUT2D eigenvalue weighted by Crippen LogP contribution is 2.34. The third-order valence-corrected chi connectivity index (χ3v) is 5.62. The molecule has 2 rings (SSSR count). The first kappa shape index (κ1) is 16.6. The molecule has 0 aromatic heterocycles. The van der Waals surface area contributed by atoms with Crippen molar-refractivity contribution in [2.24, 2.45) is 0 Å². The van der Waals surface area contributed by atoms with Crippen molar-refractivity contribution in [1.82, 2.24) is 0 Å². The maximum atomic E-state index is 10.3. The van der Waals surface area contributed by atoms with Gasteiger partial charge in [0.05, 0.1) is 0 Å². The van der Waals surface area contributed by atoms with E-state index in [4.69, 9.17) is 0 Å². The lowest BCUT2D eigenvalue weighted by molar-refractivity contribution is 0.465. The molecule has 1 N–H and O–H groups in total. The largest absolute Gasteiger partial charge is 0.507 e. The van der Waals surface area contributed by atoms with E-state index in [1.165, 1.54) is 44.5 Å². The van der Waals surface area contributed by atoms with Gasteiger partial charge in [0, 0.05) is 0 Å². The van der Waals surface area contributed by atoms with Crippen LogP contribution in [0.3, 0.4) is 0 Å². The number of hydrogen-bond acceptors (Lipinski definition) is 1. The van der Waals surface area contributed by atoms with Crippen LogP contribution in [0.2, 0.25) is 0 Å². The van der Waals surface area contributed by atoms with E-state index < -0.39 is 0 Å². The van der Waals surface area contributed by atoms with Crippen molar-refractivity contribution in [3.63, 3.8) is 0 Å². The molecule has 0 amide bonds. The van der Waals surface area contributed by atoms with Crippen molar-refractivity contribution in [2.45, 2.75) is 61.8 Å². The third-order valence-electron chi connectivity index (χ3n) is 5.62. The number of phenols is 1. The summed E-state index contributed by atoms with van der Waals surface area (Å²) in [4.78, 5) is 0. The van der Waals surface area contributed by atoms with Crippen molar-refractivity contribution < 1.29 is 5.11 Å². The molecule has 0 atom stereocenters. The minimum absolute atomic E-state index is 0.451. The molecule has 0 aliphatic carbocycles. The zero-order valence-electron chi connectivity index (χ0n) is 15.2. The molecule has 118 valence electrons. The second-order valence-corrected chi connectivity index (χ2v) is 6.74. The summed E-state index contributed by atoms with van der Waals surface area (Å²) in [7, 11) is 0. The smallest absolute Gasteiger partial charge is 0.121 e. The van der Waals surface area contributed by atoms with E-state index >= 15 is 0 Å². The van der Waals surface area contributed by atoms with E-state index in [9.17, 15) is 5.11 Å². The molecule has 0 fully saturated rings. The van der Waals surface area contributed by atoms with E-state index in [1.54, 1.807) is 0 Å². The molecule has 0 aliphatic rings. The number of hydrogen-bond donors (Lipinski definition) is 1. The van der Waals surface area contributed by atoms with E-state index in [-0.39, 0.29) is 0 Å². The summed E-state index contributed by atoms with van der Waals surface area (Å²) in [6.07, 6.45) is 0.944. The fourth-order valence-corrected chi connectivity index (χ4v) is 3.38. The summed E-state index contributed by atoms with van der Waals surface area (Å²) in [5.74, 6) is 0.451. The molecule has 2 aromatic rings. The predicted octanol–water partition coefficient (Wildman–Crippen LogP) is 5.45. The van der Waals surface area contributed by atoms with Crippen molar-refractivity contribution >= 4 is 0 Å². The molecule has 0 saturated heterocycles. The van der Waals surface area contributed by atoms with Gasteiger partial charge in [0.25, 0.3) is 0 Å². The van der Waals surface area contributed by atoms with Crippen LogP contribution in [0.5, 0.6) is 5.75 Å². The molecule has 0 bridgehead atoms. The van der Waals surface area contributed by atoms with Gasteiger partial charge < -0.3 is 5.11 Å². The average molecular weight is 296 g/mol. The predicted molar refractivity (Wildman–Crippen MR) is 95.3 cm³/mol. The molecule has 0 radical (unpaired) electrons. The zero-order chi connectivity index (χ0) is 16.8. The van der Waals surface area contributed by atoms with Crippen LogP contribution in [-0.4, -0.2) is 5.11 Å². The van der Waals surface area contributed by atoms with Crippen LogP contribution in [0, 0.1) is 55.4 Å². The Balaban J connectivity index is 2.68. The molecule has 1 heteroatoms. The van der Waals surface area contributed by atoms with Gasteiger partial charge in [-0.2, -0.15) is 0 Å². The van der Waals surface area contributed by atoms with Gasteiger partial charge in [0.15, 0.2) is 0 Å². The molecule has 0 unspecified atom stereocenters. The Morgan fingerprint density at radius 2 is 0.955 bits per heavy atom. The van der Waals surface area contributed by atoms with Crippen LogP contribution >= 0.6 is 0 Å². The first-order valence-electron chi connectivity index (χ1n) is 8.01. The summed E-state index contributed by atoms with van der Waals surface area (Å²) in [6.45, 7) is 17.1. The van der Waals surface area contributed by atoms with E-state index in [0.717, 1.165) is 17.5 Å². The van der Waals surface area contributed by atoms with Crippen molar-refractivity contribution in [3.8, 4) is 5.75 Å². The van der Waals surface area contributed by atoms with Crippen LogP contribution in [0.25, 0.3) is 0 Å². The van der Waals surface area contributed by atoms with Gasteiger partial charge in [0.1, 0.15) is 5.75 Å². The molecule has 1 nitrogen and oxygen atoms in total. The van der Waals surface area contributed by atoms with Gasteiger partial charge in [-0.05, 0) is 117 Å². The quantitative estimate of drug-likeness (QED) is 0.781. The Hall–Kier alpha value is -1.76. The highest BCUT2D eigenvalue weighted by Gasteiger charge is 2.17. The molecule has 0 spiro atoms. The topological polar surface area (TPSA) is 20.2 Å². The van der Waals surface area contributed by atoms with Gasteiger partial charge in [-0.1, -0.05) is 6.07 Å². The second kappa shape index (κ2) is 5.79. The minimum Gasteiger partial charge on any atom is -0.507 e. The van der Waals surface area contributed by atoms with E-state index in [0.29, 0.717) is 5.75 Å². The standard InChI is InChI=1S/C21H28O/c1-11-9-12(2)14(4)19(13(11)3)10-20-15(5)17(7)21(22)18(8)16(20)6/h9,22H,10H2,1-8H3. The highest BCUT2D eigenvalue weighted by molar-refractivity contribution is 5.56. The maximum Gasteiger partial charge on any atom is 0.121 e. The Labute approximate surface area is 135 Å². The average Bonchev–Trinajstić information content (AvgIpc) is 2.48. The molecular formula is C21H28O. The monoisotopic (exact) mass is 296 g/mol. The van der Waals surface area contributed by atoms with E-state index in [2.05, 4.69) is 47.6 Å². The SMILES string of the molecule is Cc1cc(C)c(C)c(Cc2c(C)c(C)c(O)c(C)c2C)c1C. The lowest BCUT2D eigenvalue weighted by atomic mass is 9.85. The molecule has 0 heterocycles. The third kappa shape index (κ3) is 2.54. The van der Waals surface area contributed by atoms with Gasteiger partial charge >= 0.3 is 0 Å². The van der Waals surface area contributed by atoms with Crippen molar-refractivity contribution in [3.05, 3.63) is 61.7 Å². The fourth-order valence-electron chi connectivity index (χ4n) is 3.38. The van der Waals surface area contributed by atoms with Crippen LogP contribution in [0.1, 0.15) is 55.6 Å². The van der Waals surface area contributed by atoms with Crippen LogP contribution in [-0.2, 0) is 6.42 Å². The summed E-state index contributed by atoms with van der Waals surface area (Å²) in [5, 5.41) is 10.3. The molecule has 0 saturated carbocycles. The summed E-state index contributed by atoms with van der Waals surface area (Å²) in [6, 6.07) is 2.28. The molecule has 2 aromatic carbocycles. The fraction of sp³-hybridized carbons (Fsp3) is 0.429. The number of rotatable bonds is 2. The molecular weight excluding hydrogens is 268 g/mol. The molecule has 22 heavy (non-hydrogen) atoms. The van der Waals surface area contributed by atoms with Gasteiger partial charge in [-0.25, -0.2) is 0 Å². The van der Waals surface area contributed by atoms with Crippen molar-refractivity contribution in [1.29, 1.82) is 0 Å². The van der Waals surface area contributed by atoms with E-state index in [1.807, 2.05) is 13.8 Å². The summed E-state index contributed by atoms with van der Waals surface area (Å²) < 4.78 is 0. The van der Waals surface area contributed by atoms with Gasteiger partial charge in [-0.3, -0.25) is 0 Å². The maximum absolute atomic E-state index is 10.3. The number of phenolic OH excluding ortho intramolecular Hbond substituents is 1. The summed E-state index contributed by atoms with van der Waals surface area (Å²) in [5.41, 5.74) is 12.8. The number of benzene rings is 2. The first-order chi connectivity index (χ1) is 10.2. The van der Waals surface area contributed by atoms with Crippen molar-refractivity contribution in [2.75, 3.05) is 0 Å². The lowest BCUT2D eigenvalue weighted by Crippen LogP contribution is -2.05. The minimum atomic E-state index is 0.451. The number of aromatic hydroxyl groups is 1. The first-order valence-corrected chi connectivity index (χ1v) is 8.01. The van der Waals surface area contributed by atoms with Crippen LogP contribution < -0.4 is 0 Å². The Kier molecular flexibility index (Phi) is 4.37. The van der Waals surface area contributed by atoms with Crippen LogP contribution in [0.4, 0.5) is 0 Å². The Morgan fingerprint density at radius 1 is 0.591 bits per heavy atom. The second-order valence-electron chi connectivity index (χ2n) is 6.74. The Morgan fingerprint density at radius 3 is 1.36 bits per heavy atom. The normalized spacial score (nSPS) is 11.1. The molecule has 0 aliphatic heterocycles. The Bertz CT molecular complexity index is 696. The number of aryl methyl sites for hydroxylation is 2. The highest BCUT2D eigenvalue weighted by atomic mass is 16.3. The zero-order valence-corrected chi connectivity index (χ0v) is 15.2. The summed E-state index contributed by atoms with van der Waals surface area (Å²) >= 11 is 0. The van der Waals surface area contributed by atoms with Gasteiger partial charge in [-0.15, -0.1) is 0 Å². The lowest BCUT2D eigenvalue weighted by Gasteiger charge is -2.21. The van der Waals surface area contributed by atoms with Gasteiger partial charge in [0.2, 0.25) is 0 Å². The van der Waals surface area contributed by atoms with Crippen LogP contribution in [0.15, 0.2) is 6.07 Å².